The van der Waals surface area contributed by atoms with Gasteiger partial charge in [0.2, 0.25) is 11.9 Å². The largest absolute Gasteiger partial charge is 0.309 e. The zero-order valence-corrected chi connectivity index (χ0v) is 71.2. The van der Waals surface area contributed by atoms with Gasteiger partial charge in [0.05, 0.1) is 49.8 Å². The number of fused-ring (bicyclic) bond motifs is 22. The molecule has 0 unspecified atom stereocenters. The SMILES string of the molecule is c1ccc2c(-c3nc(-c4cccc5ccccc45)nc(-n4c5ccccc5c5cc(-c6ccc7c(c6)c6ccccc6n7-c6cc7ccccc7c7ccccc67)ccc54)n3)cccc2c1.c1ccc2c(-c3nc(-c4cccc5ccccc45)nc(-n4c5ccccc5c5cc(-c6ccc7c(c6)c6ccccc6n7-c6ccc7ccc8ccccc8c7c6)ccc54)n3)cccc2c1. The molecule has 0 saturated carbocycles. The van der Waals surface area contributed by atoms with Crippen LogP contribution in [0.1, 0.15) is 0 Å². The van der Waals surface area contributed by atoms with E-state index in [9.17, 15) is 0 Å². The first kappa shape index (κ1) is 74.4. The van der Waals surface area contributed by atoms with Crippen molar-refractivity contribution < 1.29 is 0 Å². The molecule has 22 aromatic carbocycles. The van der Waals surface area contributed by atoms with Gasteiger partial charge in [-0.25, -0.2) is 9.97 Å². The van der Waals surface area contributed by atoms with Crippen LogP contribution in [0.15, 0.2) is 449 Å². The molecule has 0 aliphatic carbocycles. The number of para-hydroxylation sites is 4. The molecule has 0 fully saturated rings. The van der Waals surface area contributed by atoms with Crippen molar-refractivity contribution in [1.82, 2.24) is 48.2 Å². The zero-order chi connectivity index (χ0) is 86.6. The van der Waals surface area contributed by atoms with Gasteiger partial charge in [-0.3, -0.25) is 9.13 Å². The maximum atomic E-state index is 5.35. The molecule has 0 atom stereocenters. The van der Waals surface area contributed by atoms with Crippen molar-refractivity contribution >= 4 is 173 Å². The van der Waals surface area contributed by atoms with E-state index in [0.717, 1.165) is 137 Å². The van der Waals surface area contributed by atoms with Crippen LogP contribution in [0.25, 0.3) is 264 Å². The molecule has 6 heterocycles. The lowest BCUT2D eigenvalue weighted by Crippen LogP contribution is -2.06. The Balaban J connectivity index is 0.000000135. The Kier molecular flexibility index (Phi) is 16.9. The maximum absolute atomic E-state index is 5.35. The summed E-state index contributed by atoms with van der Waals surface area (Å²) in [6.45, 7) is 0. The molecular formula is C122H74N10. The van der Waals surface area contributed by atoms with E-state index in [1.165, 1.54) is 92.4 Å². The summed E-state index contributed by atoms with van der Waals surface area (Å²) in [5, 5.41) is 28.3. The molecule has 0 aliphatic heterocycles. The standard InChI is InChI=1S/2C61H37N5/c1-4-18-45-38(13-1)16-11-23-50(45)59-62-60(51-24-12-17-39-14-2-5-19-46(39)51)64-61(63-59)66-56-26-10-8-22-49(56)54-36-43(31-34-58(54)66)42-30-33-57-53(35-42)48-21-7-9-25-55(48)65(57)44-32-29-41-28-27-40-15-3-6-20-47(40)52(41)37-44;1-4-20-43-38(15-1)18-13-27-50(43)59-62-60(51-28-14-19-39-16-2-5-21-44(39)51)64-61(63-59)66-55-30-12-10-26-49(55)53-36-41(32-34-57(53)66)40-31-33-56-52(35-40)48-25-9-11-29-54(48)65(56)58-37-42-17-3-6-22-45(42)46-23-7-8-24-47(46)58/h2*1-37H. The Morgan fingerprint density at radius 2 is 0.394 bits per heavy atom. The van der Waals surface area contributed by atoms with E-state index in [0.29, 0.717) is 35.2 Å². The minimum atomic E-state index is 0.574. The summed E-state index contributed by atoms with van der Waals surface area (Å²) in [6.07, 6.45) is 0. The fourth-order valence-corrected chi connectivity index (χ4v) is 21.0. The fourth-order valence-electron chi connectivity index (χ4n) is 21.0. The fraction of sp³-hybridized carbons (Fsp3) is 0. The van der Waals surface area contributed by atoms with Crippen LogP contribution in [-0.2, 0) is 0 Å². The third-order valence-corrected chi connectivity index (χ3v) is 27.1. The highest BCUT2D eigenvalue weighted by molar-refractivity contribution is 6.19. The Labute approximate surface area is 756 Å². The predicted molar refractivity (Wildman–Crippen MR) is 550 cm³/mol. The third kappa shape index (κ3) is 11.9. The number of benzene rings is 22. The van der Waals surface area contributed by atoms with E-state index in [1.807, 2.05) is 0 Å². The van der Waals surface area contributed by atoms with Gasteiger partial charge >= 0.3 is 0 Å². The first-order chi connectivity index (χ1) is 65.4. The van der Waals surface area contributed by atoms with Gasteiger partial charge in [0.15, 0.2) is 23.3 Å². The lowest BCUT2D eigenvalue weighted by molar-refractivity contribution is 0.955. The topological polar surface area (TPSA) is 97.1 Å². The Morgan fingerprint density at radius 1 is 0.136 bits per heavy atom. The summed E-state index contributed by atoms with van der Waals surface area (Å²) in [5.41, 5.74) is 19.6. The van der Waals surface area contributed by atoms with E-state index in [-0.39, 0.29) is 0 Å². The number of nitrogens with zero attached hydrogens (tertiary/aromatic N) is 10. The first-order valence-corrected chi connectivity index (χ1v) is 44.9. The molecule has 612 valence electrons. The molecular weight excluding hydrogens is 1610 g/mol. The number of hydrogen-bond donors (Lipinski definition) is 0. The van der Waals surface area contributed by atoms with E-state index < -0.39 is 0 Å². The maximum Gasteiger partial charge on any atom is 0.238 e. The van der Waals surface area contributed by atoms with Crippen molar-refractivity contribution in [2.24, 2.45) is 0 Å². The number of aromatic nitrogens is 10. The molecule has 0 amide bonds. The van der Waals surface area contributed by atoms with E-state index >= 15 is 0 Å². The molecule has 0 bridgehead atoms. The first-order valence-electron chi connectivity index (χ1n) is 44.9. The second-order valence-electron chi connectivity index (χ2n) is 34.4. The third-order valence-electron chi connectivity index (χ3n) is 27.1. The van der Waals surface area contributed by atoms with Crippen LogP contribution in [0, 0.1) is 0 Å². The van der Waals surface area contributed by atoms with Crippen LogP contribution < -0.4 is 0 Å². The second kappa shape index (κ2) is 29.9. The smallest absolute Gasteiger partial charge is 0.238 e. The predicted octanol–water partition coefficient (Wildman–Crippen LogP) is 31.4. The molecule has 0 saturated heterocycles. The van der Waals surface area contributed by atoms with Gasteiger partial charge in [0.1, 0.15) is 0 Å². The number of hydrogen-bond acceptors (Lipinski definition) is 6. The lowest BCUT2D eigenvalue weighted by Gasteiger charge is -2.14. The van der Waals surface area contributed by atoms with Crippen LogP contribution in [0.5, 0.6) is 0 Å². The van der Waals surface area contributed by atoms with Gasteiger partial charge in [-0.2, -0.15) is 19.9 Å². The van der Waals surface area contributed by atoms with Crippen molar-refractivity contribution in [3.05, 3.63) is 449 Å². The van der Waals surface area contributed by atoms with Gasteiger partial charge in [0.25, 0.3) is 0 Å². The van der Waals surface area contributed by atoms with Crippen molar-refractivity contribution in [2.75, 3.05) is 0 Å². The number of rotatable bonds is 10. The van der Waals surface area contributed by atoms with Crippen LogP contribution in [-0.4, -0.2) is 48.2 Å². The minimum Gasteiger partial charge on any atom is -0.309 e. The Hall–Kier alpha value is -17.9. The molecule has 28 rings (SSSR count). The summed E-state index contributed by atoms with van der Waals surface area (Å²) in [4.78, 5) is 31.9. The van der Waals surface area contributed by atoms with E-state index in [4.69, 9.17) is 29.9 Å². The normalized spacial score (nSPS) is 11.9. The van der Waals surface area contributed by atoms with E-state index in [1.54, 1.807) is 0 Å². The Bertz CT molecular complexity index is 9500. The molecule has 0 aliphatic rings. The Morgan fingerprint density at radius 3 is 0.780 bits per heavy atom. The summed E-state index contributed by atoms with van der Waals surface area (Å²) >= 11 is 0. The van der Waals surface area contributed by atoms with Gasteiger partial charge in [-0.15, -0.1) is 0 Å². The lowest BCUT2D eigenvalue weighted by atomic mass is 9.99. The average molecular weight is 1680 g/mol. The van der Waals surface area contributed by atoms with Crippen LogP contribution in [0.4, 0.5) is 0 Å². The van der Waals surface area contributed by atoms with Gasteiger partial charge < -0.3 is 9.13 Å². The average Bonchev–Trinajstić information content (AvgIpc) is 1.55. The zero-order valence-electron chi connectivity index (χ0n) is 71.2. The van der Waals surface area contributed by atoms with Gasteiger partial charge in [0, 0.05) is 76.4 Å². The van der Waals surface area contributed by atoms with Gasteiger partial charge in [-0.05, 0) is 194 Å². The van der Waals surface area contributed by atoms with Crippen molar-refractivity contribution in [3.8, 4) is 91.1 Å². The second-order valence-corrected chi connectivity index (χ2v) is 34.4. The highest BCUT2D eigenvalue weighted by atomic mass is 15.2. The minimum absolute atomic E-state index is 0.574. The molecule has 6 aromatic heterocycles. The summed E-state index contributed by atoms with van der Waals surface area (Å²) in [5.74, 6) is 3.67. The van der Waals surface area contributed by atoms with Crippen LogP contribution in [0.2, 0.25) is 0 Å². The molecule has 0 N–H and O–H groups in total. The highest BCUT2D eigenvalue weighted by Gasteiger charge is 2.26. The molecule has 28 aromatic rings. The van der Waals surface area contributed by atoms with Crippen molar-refractivity contribution in [1.29, 1.82) is 0 Å². The molecule has 132 heavy (non-hydrogen) atoms. The van der Waals surface area contributed by atoms with Gasteiger partial charge in [-0.1, -0.05) is 358 Å². The monoisotopic (exact) mass is 1680 g/mol. The molecule has 10 heteroatoms. The summed E-state index contributed by atoms with van der Waals surface area (Å²) < 4.78 is 9.29. The van der Waals surface area contributed by atoms with Crippen LogP contribution >= 0.6 is 0 Å². The molecule has 0 radical (unpaired) electrons. The molecule has 0 spiro atoms. The van der Waals surface area contributed by atoms with Crippen molar-refractivity contribution in [3.63, 3.8) is 0 Å². The van der Waals surface area contributed by atoms with Crippen molar-refractivity contribution in [2.45, 2.75) is 0 Å². The highest BCUT2D eigenvalue weighted by Crippen LogP contribution is 2.46. The summed E-state index contributed by atoms with van der Waals surface area (Å²) in [6, 6.07) is 161. The summed E-state index contributed by atoms with van der Waals surface area (Å²) in [7, 11) is 0. The molecule has 10 nitrogen and oxygen atoms in total. The van der Waals surface area contributed by atoms with E-state index in [2.05, 4.69) is 467 Å². The van der Waals surface area contributed by atoms with Crippen LogP contribution in [0.3, 0.4) is 0 Å². The quantitative estimate of drug-likeness (QED) is 0.127.